The Morgan fingerprint density at radius 3 is 3.06 bits per heavy atom. The molecule has 1 atom stereocenters. The molecular weight excluding hydrogens is 208 g/mol. The molecule has 2 heterocycles. The maximum absolute atomic E-state index is 3.23. The fourth-order valence-corrected chi connectivity index (χ4v) is 2.47. The summed E-state index contributed by atoms with van der Waals surface area (Å²) in [5.41, 5.74) is 1.42. The van der Waals surface area contributed by atoms with E-state index < -0.39 is 0 Å². The van der Waals surface area contributed by atoms with Crippen molar-refractivity contribution in [2.75, 3.05) is 20.1 Å². The van der Waals surface area contributed by atoms with Crippen LogP contribution < -0.4 is 0 Å². The third-order valence-corrected chi connectivity index (χ3v) is 3.42. The standard InChI is InChI=1S/C15H22N2/c1-3-4-5-11-17-12-6-8-14(13-17)15-9-7-10-16(15)2/h6,8,13,15H,3-4,7,9-10,12H2,1-2H3. The first-order valence-corrected chi connectivity index (χ1v) is 6.65. The number of rotatable bonds is 2. The van der Waals surface area contributed by atoms with Gasteiger partial charge < -0.3 is 4.90 Å². The number of likely N-dealkylation sites (N-methyl/N-ethyl adjacent to an activating group) is 1. The molecule has 0 aromatic rings. The van der Waals surface area contributed by atoms with Crippen molar-refractivity contribution in [3.8, 4) is 12.0 Å². The highest BCUT2D eigenvalue weighted by Crippen LogP contribution is 2.24. The van der Waals surface area contributed by atoms with E-state index in [1.165, 1.54) is 25.0 Å². The van der Waals surface area contributed by atoms with Crippen molar-refractivity contribution in [3.63, 3.8) is 0 Å². The number of nitrogens with zero attached hydrogens (tertiary/aromatic N) is 2. The van der Waals surface area contributed by atoms with Gasteiger partial charge in [-0.25, -0.2) is 0 Å². The highest BCUT2D eigenvalue weighted by atomic mass is 15.2. The highest BCUT2D eigenvalue weighted by Gasteiger charge is 2.24. The number of hydrogen-bond donors (Lipinski definition) is 0. The van der Waals surface area contributed by atoms with Crippen molar-refractivity contribution < 1.29 is 0 Å². The van der Waals surface area contributed by atoms with Crippen molar-refractivity contribution in [3.05, 3.63) is 23.9 Å². The zero-order valence-corrected chi connectivity index (χ0v) is 10.9. The predicted molar refractivity (Wildman–Crippen MR) is 72.3 cm³/mol. The zero-order valence-electron chi connectivity index (χ0n) is 10.9. The molecule has 0 saturated carbocycles. The van der Waals surface area contributed by atoms with Gasteiger partial charge in [0.15, 0.2) is 0 Å². The zero-order chi connectivity index (χ0) is 12.1. The first kappa shape index (κ1) is 12.3. The van der Waals surface area contributed by atoms with Crippen molar-refractivity contribution >= 4 is 0 Å². The molecule has 1 fully saturated rings. The first-order chi connectivity index (χ1) is 8.31. The van der Waals surface area contributed by atoms with E-state index in [9.17, 15) is 0 Å². The third-order valence-electron chi connectivity index (χ3n) is 3.42. The van der Waals surface area contributed by atoms with Gasteiger partial charge in [-0.2, -0.15) is 0 Å². The molecule has 0 N–H and O–H groups in total. The average molecular weight is 230 g/mol. The van der Waals surface area contributed by atoms with Crippen LogP contribution in [0.5, 0.6) is 0 Å². The molecule has 92 valence electrons. The average Bonchev–Trinajstić information content (AvgIpc) is 2.76. The van der Waals surface area contributed by atoms with Crippen LogP contribution in [-0.2, 0) is 0 Å². The Balaban J connectivity index is 2.02. The van der Waals surface area contributed by atoms with Gasteiger partial charge in [0.1, 0.15) is 0 Å². The predicted octanol–water partition coefficient (Wildman–Crippen LogP) is 2.60. The second-order valence-corrected chi connectivity index (χ2v) is 4.86. The molecule has 2 aliphatic heterocycles. The van der Waals surface area contributed by atoms with E-state index >= 15 is 0 Å². The molecule has 0 amide bonds. The van der Waals surface area contributed by atoms with Crippen LogP contribution in [0.3, 0.4) is 0 Å². The van der Waals surface area contributed by atoms with E-state index in [0.717, 1.165) is 19.4 Å². The molecule has 0 aromatic carbocycles. The van der Waals surface area contributed by atoms with Crippen LogP contribution in [0.15, 0.2) is 23.9 Å². The molecule has 17 heavy (non-hydrogen) atoms. The summed E-state index contributed by atoms with van der Waals surface area (Å²) >= 11 is 0. The maximum Gasteiger partial charge on any atom is 0.0492 e. The van der Waals surface area contributed by atoms with Crippen LogP contribution in [0.4, 0.5) is 0 Å². The lowest BCUT2D eigenvalue weighted by atomic mass is 10.0. The van der Waals surface area contributed by atoms with Gasteiger partial charge in [-0.15, -0.1) is 0 Å². The van der Waals surface area contributed by atoms with E-state index in [-0.39, 0.29) is 0 Å². The molecule has 1 unspecified atom stereocenters. The van der Waals surface area contributed by atoms with Gasteiger partial charge in [0.25, 0.3) is 0 Å². The summed E-state index contributed by atoms with van der Waals surface area (Å²) in [6.45, 7) is 4.31. The fourth-order valence-electron chi connectivity index (χ4n) is 2.47. The lowest BCUT2D eigenvalue weighted by molar-refractivity contribution is 0.344. The molecule has 2 heteroatoms. The van der Waals surface area contributed by atoms with E-state index in [1.54, 1.807) is 0 Å². The van der Waals surface area contributed by atoms with Gasteiger partial charge >= 0.3 is 0 Å². The van der Waals surface area contributed by atoms with Crippen LogP contribution in [0, 0.1) is 12.0 Å². The van der Waals surface area contributed by atoms with Crippen molar-refractivity contribution in [2.45, 2.75) is 38.6 Å². The van der Waals surface area contributed by atoms with Gasteiger partial charge in [-0.3, -0.25) is 4.90 Å². The fraction of sp³-hybridized carbons (Fsp3) is 0.600. The summed E-state index contributed by atoms with van der Waals surface area (Å²) < 4.78 is 0. The van der Waals surface area contributed by atoms with Crippen LogP contribution in [-0.4, -0.2) is 36.0 Å². The van der Waals surface area contributed by atoms with Crippen LogP contribution >= 0.6 is 0 Å². The Morgan fingerprint density at radius 2 is 2.35 bits per heavy atom. The lowest BCUT2D eigenvalue weighted by Crippen LogP contribution is -2.28. The number of unbranched alkanes of at least 4 members (excludes halogenated alkanes) is 1. The van der Waals surface area contributed by atoms with Gasteiger partial charge in [0, 0.05) is 31.3 Å². The molecule has 0 bridgehead atoms. The lowest BCUT2D eigenvalue weighted by Gasteiger charge is -2.25. The van der Waals surface area contributed by atoms with Crippen LogP contribution in [0.25, 0.3) is 0 Å². The normalized spacial score (nSPS) is 24.5. The van der Waals surface area contributed by atoms with Crippen molar-refractivity contribution in [1.29, 1.82) is 0 Å². The molecule has 2 nitrogen and oxygen atoms in total. The molecule has 0 aromatic heterocycles. The molecular formula is C15H22N2. The molecule has 2 rings (SSSR count). The van der Waals surface area contributed by atoms with Crippen LogP contribution in [0.1, 0.15) is 32.6 Å². The van der Waals surface area contributed by atoms with Crippen molar-refractivity contribution in [2.24, 2.45) is 0 Å². The molecule has 0 aliphatic carbocycles. The maximum atomic E-state index is 3.23. The smallest absolute Gasteiger partial charge is 0.0492 e. The Labute approximate surface area is 105 Å². The second kappa shape index (κ2) is 5.93. The Bertz CT molecular complexity index is 370. The monoisotopic (exact) mass is 230 g/mol. The topological polar surface area (TPSA) is 6.48 Å². The van der Waals surface area contributed by atoms with Gasteiger partial charge in [-0.1, -0.05) is 25.0 Å². The summed E-state index contributed by atoms with van der Waals surface area (Å²) in [5, 5.41) is 0. The molecule has 2 aliphatic rings. The van der Waals surface area contributed by atoms with Gasteiger partial charge in [-0.05, 0) is 38.4 Å². The highest BCUT2D eigenvalue weighted by molar-refractivity contribution is 5.30. The summed E-state index contributed by atoms with van der Waals surface area (Å²) in [6, 6.07) is 3.83. The van der Waals surface area contributed by atoms with E-state index in [2.05, 4.69) is 54.1 Å². The minimum absolute atomic E-state index is 0.599. The number of hydrogen-bond acceptors (Lipinski definition) is 2. The van der Waals surface area contributed by atoms with E-state index in [4.69, 9.17) is 0 Å². The molecule has 0 spiro atoms. The quantitative estimate of drug-likeness (QED) is 0.673. The van der Waals surface area contributed by atoms with E-state index in [1.807, 2.05) is 0 Å². The Kier molecular flexibility index (Phi) is 4.28. The third kappa shape index (κ3) is 3.14. The Morgan fingerprint density at radius 1 is 1.47 bits per heavy atom. The van der Waals surface area contributed by atoms with Crippen molar-refractivity contribution in [1.82, 2.24) is 9.80 Å². The van der Waals surface area contributed by atoms with Gasteiger partial charge in [0.2, 0.25) is 0 Å². The summed E-state index contributed by atoms with van der Waals surface area (Å²) in [7, 11) is 2.22. The second-order valence-electron chi connectivity index (χ2n) is 4.86. The number of likely N-dealkylation sites (tertiary alicyclic amines) is 1. The summed E-state index contributed by atoms with van der Waals surface area (Å²) in [6.07, 6.45) is 11.4. The summed E-state index contributed by atoms with van der Waals surface area (Å²) in [4.78, 5) is 4.57. The van der Waals surface area contributed by atoms with Gasteiger partial charge in [0.05, 0.1) is 0 Å². The molecule has 0 radical (unpaired) electrons. The minimum atomic E-state index is 0.599. The SMILES string of the molecule is CCCC#CN1C=C(C2CCCN2C)C=CC1. The van der Waals surface area contributed by atoms with E-state index in [0.29, 0.717) is 6.04 Å². The Hall–Kier alpha value is -1.20. The largest absolute Gasteiger partial charge is 0.304 e. The minimum Gasteiger partial charge on any atom is -0.304 e. The summed E-state index contributed by atoms with van der Waals surface area (Å²) in [5.74, 6) is 3.21. The molecule has 1 saturated heterocycles. The van der Waals surface area contributed by atoms with Crippen LogP contribution in [0.2, 0.25) is 0 Å². The first-order valence-electron chi connectivity index (χ1n) is 6.65.